The smallest absolute Gasteiger partial charge is 0.240 e. The van der Waals surface area contributed by atoms with Crippen LogP contribution in [-0.4, -0.2) is 23.8 Å². The van der Waals surface area contributed by atoms with Gasteiger partial charge in [0.15, 0.2) is 0 Å². The van der Waals surface area contributed by atoms with E-state index in [1.807, 2.05) is 0 Å². The Balaban J connectivity index is 2.12. The van der Waals surface area contributed by atoms with Crippen LogP contribution < -0.4 is 5.32 Å². The molecule has 1 aliphatic rings. The predicted molar refractivity (Wildman–Crippen MR) is 68.1 cm³/mol. The van der Waals surface area contributed by atoms with Gasteiger partial charge in [-0.15, -0.1) is 0 Å². The van der Waals surface area contributed by atoms with E-state index in [-0.39, 0.29) is 5.60 Å². The van der Waals surface area contributed by atoms with Gasteiger partial charge in [-0.1, -0.05) is 37.8 Å². The Hall–Kier alpha value is -0.940. The third kappa shape index (κ3) is 2.90. The minimum absolute atomic E-state index is 0.329. The first-order valence-corrected chi connectivity index (χ1v) is 6.89. The van der Waals surface area contributed by atoms with Crippen molar-refractivity contribution < 1.29 is 9.26 Å². The second-order valence-electron chi connectivity index (χ2n) is 4.90. The lowest BCUT2D eigenvalue weighted by atomic mass is 9.93. The molecule has 1 aromatic rings. The van der Waals surface area contributed by atoms with E-state index in [0.29, 0.717) is 12.4 Å². The molecule has 0 spiro atoms. The van der Waals surface area contributed by atoms with Crippen molar-refractivity contribution >= 4 is 0 Å². The summed E-state index contributed by atoms with van der Waals surface area (Å²) >= 11 is 0. The van der Waals surface area contributed by atoms with Crippen LogP contribution in [-0.2, 0) is 16.9 Å². The van der Waals surface area contributed by atoms with E-state index >= 15 is 0 Å². The first-order chi connectivity index (χ1) is 8.80. The van der Waals surface area contributed by atoms with E-state index in [1.165, 1.54) is 25.7 Å². The number of aromatic nitrogens is 2. The van der Waals surface area contributed by atoms with Gasteiger partial charge in [-0.25, -0.2) is 0 Å². The Bertz CT molecular complexity index is 357. The number of hydrogen-bond donors (Lipinski definition) is 1. The average molecular weight is 253 g/mol. The largest absolute Gasteiger partial charge is 0.370 e. The van der Waals surface area contributed by atoms with Gasteiger partial charge in [0.2, 0.25) is 11.7 Å². The molecule has 0 aromatic carbocycles. The van der Waals surface area contributed by atoms with Gasteiger partial charge in [0.05, 0.1) is 6.54 Å². The molecule has 1 heterocycles. The molecule has 1 fully saturated rings. The Labute approximate surface area is 108 Å². The van der Waals surface area contributed by atoms with E-state index in [4.69, 9.17) is 9.26 Å². The number of rotatable bonds is 5. The van der Waals surface area contributed by atoms with Crippen LogP contribution in [0.2, 0.25) is 0 Å². The molecule has 0 unspecified atom stereocenters. The van der Waals surface area contributed by atoms with Crippen LogP contribution in [0.1, 0.15) is 57.2 Å². The lowest BCUT2D eigenvalue weighted by Crippen LogP contribution is -2.29. The number of nitrogens with zero attached hydrogens (tertiary/aromatic N) is 2. The summed E-state index contributed by atoms with van der Waals surface area (Å²) in [6, 6.07) is 0. The summed E-state index contributed by atoms with van der Waals surface area (Å²) in [5.74, 6) is 1.37. The van der Waals surface area contributed by atoms with Gasteiger partial charge in [-0.3, -0.25) is 0 Å². The van der Waals surface area contributed by atoms with Crippen molar-refractivity contribution in [3.05, 3.63) is 11.7 Å². The Morgan fingerprint density at radius 3 is 2.61 bits per heavy atom. The van der Waals surface area contributed by atoms with Crippen LogP contribution in [0.15, 0.2) is 4.52 Å². The second kappa shape index (κ2) is 6.29. The first-order valence-electron chi connectivity index (χ1n) is 6.89. The first kappa shape index (κ1) is 13.5. The van der Waals surface area contributed by atoms with E-state index in [2.05, 4.69) is 22.4 Å². The van der Waals surface area contributed by atoms with E-state index < -0.39 is 0 Å². The fourth-order valence-electron chi connectivity index (χ4n) is 2.56. The molecular weight excluding hydrogens is 230 g/mol. The molecule has 102 valence electrons. The molecule has 0 amide bonds. The molecule has 0 saturated heterocycles. The molecule has 0 aliphatic heterocycles. The topological polar surface area (TPSA) is 60.2 Å². The lowest BCUT2D eigenvalue weighted by molar-refractivity contribution is -0.0365. The van der Waals surface area contributed by atoms with Crippen molar-refractivity contribution in [2.45, 2.75) is 57.6 Å². The average Bonchev–Trinajstić information content (AvgIpc) is 2.74. The van der Waals surface area contributed by atoms with Crippen molar-refractivity contribution in [1.82, 2.24) is 15.5 Å². The van der Waals surface area contributed by atoms with Crippen molar-refractivity contribution in [2.24, 2.45) is 0 Å². The van der Waals surface area contributed by atoms with Gasteiger partial charge in [0, 0.05) is 7.11 Å². The zero-order chi connectivity index (χ0) is 12.8. The third-order valence-corrected chi connectivity index (χ3v) is 3.70. The van der Waals surface area contributed by atoms with Crippen LogP contribution in [0.5, 0.6) is 0 Å². The minimum atomic E-state index is -0.329. The van der Waals surface area contributed by atoms with Gasteiger partial charge in [-0.05, 0) is 19.4 Å². The summed E-state index contributed by atoms with van der Waals surface area (Å²) in [7, 11) is 1.76. The lowest BCUT2D eigenvalue weighted by Gasteiger charge is -2.27. The summed E-state index contributed by atoms with van der Waals surface area (Å²) in [4.78, 5) is 4.49. The molecule has 1 aromatic heterocycles. The van der Waals surface area contributed by atoms with Crippen LogP contribution in [0.4, 0.5) is 0 Å². The number of methoxy groups -OCH3 is 1. The van der Waals surface area contributed by atoms with Crippen molar-refractivity contribution in [3.8, 4) is 0 Å². The van der Waals surface area contributed by atoms with Crippen molar-refractivity contribution in [3.63, 3.8) is 0 Å². The van der Waals surface area contributed by atoms with Gasteiger partial charge in [0.25, 0.3) is 0 Å². The highest BCUT2D eigenvalue weighted by molar-refractivity contribution is 5.02. The normalized spacial score (nSPS) is 19.7. The number of ether oxygens (including phenoxy) is 1. The third-order valence-electron chi connectivity index (χ3n) is 3.70. The molecule has 5 heteroatoms. The highest BCUT2D eigenvalue weighted by Crippen LogP contribution is 2.37. The fraction of sp³-hybridized carbons (Fsp3) is 0.846. The Kier molecular flexibility index (Phi) is 4.72. The predicted octanol–water partition coefficient (Wildman–Crippen LogP) is 2.38. The SMILES string of the molecule is CCNCc1nc(C2(OC)CCCCCC2)no1. The highest BCUT2D eigenvalue weighted by Gasteiger charge is 2.37. The van der Waals surface area contributed by atoms with E-state index in [1.54, 1.807) is 7.11 Å². The quantitative estimate of drug-likeness (QED) is 0.816. The molecule has 2 rings (SSSR count). The van der Waals surface area contributed by atoms with Gasteiger partial charge in [-0.2, -0.15) is 4.98 Å². The molecule has 18 heavy (non-hydrogen) atoms. The van der Waals surface area contributed by atoms with Gasteiger partial charge >= 0.3 is 0 Å². The standard InChI is InChI=1S/C13H23N3O2/c1-3-14-10-11-15-12(16-18-11)13(17-2)8-6-4-5-7-9-13/h14H,3-10H2,1-2H3. The molecule has 0 bridgehead atoms. The second-order valence-corrected chi connectivity index (χ2v) is 4.90. The zero-order valence-corrected chi connectivity index (χ0v) is 11.4. The maximum Gasteiger partial charge on any atom is 0.240 e. The molecular formula is C13H23N3O2. The minimum Gasteiger partial charge on any atom is -0.370 e. The summed E-state index contributed by atoms with van der Waals surface area (Å²) in [5.41, 5.74) is -0.329. The Morgan fingerprint density at radius 2 is 2.00 bits per heavy atom. The van der Waals surface area contributed by atoms with Crippen LogP contribution in [0, 0.1) is 0 Å². The number of nitrogens with one attached hydrogen (secondary N) is 1. The van der Waals surface area contributed by atoms with Crippen LogP contribution >= 0.6 is 0 Å². The van der Waals surface area contributed by atoms with Crippen LogP contribution in [0.3, 0.4) is 0 Å². The maximum atomic E-state index is 5.76. The van der Waals surface area contributed by atoms with E-state index in [0.717, 1.165) is 25.2 Å². The fourth-order valence-corrected chi connectivity index (χ4v) is 2.56. The molecule has 5 nitrogen and oxygen atoms in total. The van der Waals surface area contributed by atoms with Crippen molar-refractivity contribution in [2.75, 3.05) is 13.7 Å². The van der Waals surface area contributed by atoms with Crippen molar-refractivity contribution in [1.29, 1.82) is 0 Å². The summed E-state index contributed by atoms with van der Waals surface area (Å²) < 4.78 is 11.0. The summed E-state index contributed by atoms with van der Waals surface area (Å²) in [6.45, 7) is 3.58. The highest BCUT2D eigenvalue weighted by atomic mass is 16.5. The Morgan fingerprint density at radius 1 is 1.28 bits per heavy atom. The molecule has 1 saturated carbocycles. The maximum absolute atomic E-state index is 5.76. The summed E-state index contributed by atoms with van der Waals surface area (Å²) in [5, 5.41) is 7.31. The molecule has 1 N–H and O–H groups in total. The number of hydrogen-bond acceptors (Lipinski definition) is 5. The van der Waals surface area contributed by atoms with Gasteiger partial charge in [0.1, 0.15) is 5.60 Å². The molecule has 0 radical (unpaired) electrons. The summed E-state index contributed by atoms with van der Waals surface area (Å²) in [6.07, 6.45) is 6.86. The molecule has 0 atom stereocenters. The van der Waals surface area contributed by atoms with Gasteiger partial charge < -0.3 is 14.6 Å². The zero-order valence-electron chi connectivity index (χ0n) is 11.4. The molecule has 1 aliphatic carbocycles. The van der Waals surface area contributed by atoms with Crippen LogP contribution in [0.25, 0.3) is 0 Å². The monoisotopic (exact) mass is 253 g/mol. The van der Waals surface area contributed by atoms with E-state index in [9.17, 15) is 0 Å².